The lowest BCUT2D eigenvalue weighted by Gasteiger charge is -2.17. The quantitative estimate of drug-likeness (QED) is 0.687. The summed E-state index contributed by atoms with van der Waals surface area (Å²) in [5, 5.41) is 0.804. The van der Waals surface area contributed by atoms with E-state index in [0.717, 1.165) is 27.4 Å². The van der Waals surface area contributed by atoms with Crippen LogP contribution in [0.4, 0.5) is 5.69 Å². The Hall–Kier alpha value is -2.40. The molecule has 0 aliphatic heterocycles. The van der Waals surface area contributed by atoms with Crippen LogP contribution >= 0.6 is 11.8 Å². The van der Waals surface area contributed by atoms with Crippen LogP contribution in [0.5, 0.6) is 0 Å². The number of benzene rings is 2. The number of aromatic nitrogens is 2. The van der Waals surface area contributed by atoms with E-state index >= 15 is 0 Å². The molecule has 0 unspecified atom stereocenters. The molecule has 116 valence electrons. The summed E-state index contributed by atoms with van der Waals surface area (Å²) in [6, 6.07) is 17.4. The highest BCUT2D eigenvalue weighted by atomic mass is 32.2. The molecule has 5 heteroatoms. The maximum atomic E-state index is 12.3. The largest absolute Gasteiger partial charge is 0.315 e. The monoisotopic (exact) mass is 323 g/mol. The van der Waals surface area contributed by atoms with Gasteiger partial charge in [0.25, 0.3) is 0 Å². The van der Waals surface area contributed by atoms with Gasteiger partial charge in [-0.15, -0.1) is 0 Å². The first-order chi connectivity index (χ1) is 11.1. The zero-order valence-electron chi connectivity index (χ0n) is 13.1. The molecule has 3 rings (SSSR count). The van der Waals surface area contributed by atoms with E-state index < -0.39 is 0 Å². The van der Waals surface area contributed by atoms with Gasteiger partial charge in [0.1, 0.15) is 5.03 Å². The first kappa shape index (κ1) is 15.5. The second-order valence-corrected chi connectivity index (χ2v) is 6.14. The highest BCUT2D eigenvalue weighted by Crippen LogP contribution is 2.23. The molecule has 4 nitrogen and oxygen atoms in total. The van der Waals surface area contributed by atoms with Gasteiger partial charge in [-0.1, -0.05) is 42.1 Å². The number of hydrogen-bond donors (Lipinski definition) is 0. The highest BCUT2D eigenvalue weighted by molar-refractivity contribution is 8.00. The van der Waals surface area contributed by atoms with Gasteiger partial charge in [-0.05, 0) is 31.2 Å². The maximum absolute atomic E-state index is 12.3. The molecule has 1 heterocycles. The molecule has 0 saturated carbocycles. The number of rotatable bonds is 4. The Morgan fingerprint density at radius 1 is 1.00 bits per heavy atom. The highest BCUT2D eigenvalue weighted by Gasteiger charge is 2.13. The van der Waals surface area contributed by atoms with Gasteiger partial charge in [-0.25, -0.2) is 9.97 Å². The summed E-state index contributed by atoms with van der Waals surface area (Å²) >= 11 is 1.43. The SMILES string of the molecule is Cc1nc2ccccc2nc1SCC(=O)N(C)c1ccccc1. The Bertz CT molecular complexity index is 836. The van der Waals surface area contributed by atoms with Gasteiger partial charge in [0, 0.05) is 12.7 Å². The van der Waals surface area contributed by atoms with Crippen molar-refractivity contribution in [1.29, 1.82) is 0 Å². The van der Waals surface area contributed by atoms with Crippen molar-refractivity contribution >= 4 is 34.4 Å². The fourth-order valence-electron chi connectivity index (χ4n) is 2.23. The van der Waals surface area contributed by atoms with E-state index in [0.29, 0.717) is 5.75 Å². The maximum Gasteiger partial charge on any atom is 0.237 e. The lowest BCUT2D eigenvalue weighted by molar-refractivity contribution is -0.115. The summed E-state index contributed by atoms with van der Waals surface area (Å²) in [5.41, 5.74) is 3.47. The number of thioether (sulfide) groups is 1. The number of para-hydroxylation sites is 3. The van der Waals surface area contributed by atoms with Crippen molar-refractivity contribution in [3.05, 3.63) is 60.3 Å². The molecule has 0 aliphatic rings. The number of nitrogens with zero attached hydrogens (tertiary/aromatic N) is 3. The number of amides is 1. The smallest absolute Gasteiger partial charge is 0.237 e. The van der Waals surface area contributed by atoms with Gasteiger partial charge in [-0.3, -0.25) is 4.79 Å². The normalized spacial score (nSPS) is 10.7. The Kier molecular flexibility index (Phi) is 4.57. The van der Waals surface area contributed by atoms with Gasteiger partial charge >= 0.3 is 0 Å². The van der Waals surface area contributed by atoms with Gasteiger partial charge in [0.15, 0.2) is 0 Å². The minimum absolute atomic E-state index is 0.0376. The van der Waals surface area contributed by atoms with Crippen molar-refractivity contribution < 1.29 is 4.79 Å². The third-order valence-corrected chi connectivity index (χ3v) is 4.60. The zero-order chi connectivity index (χ0) is 16.2. The van der Waals surface area contributed by atoms with Gasteiger partial charge < -0.3 is 4.90 Å². The molecule has 0 atom stereocenters. The Labute approximate surface area is 139 Å². The van der Waals surface area contributed by atoms with Crippen molar-refractivity contribution in [2.24, 2.45) is 0 Å². The summed E-state index contributed by atoms with van der Waals surface area (Å²) in [4.78, 5) is 23.2. The van der Waals surface area contributed by atoms with Crippen molar-refractivity contribution in [3.8, 4) is 0 Å². The third-order valence-electron chi connectivity index (χ3n) is 3.55. The van der Waals surface area contributed by atoms with Crippen LogP contribution in [-0.2, 0) is 4.79 Å². The predicted octanol–water partition coefficient (Wildman–Crippen LogP) is 3.69. The van der Waals surface area contributed by atoms with Crippen LogP contribution in [0.2, 0.25) is 0 Å². The van der Waals surface area contributed by atoms with Crippen molar-refractivity contribution in [2.75, 3.05) is 17.7 Å². The molecular weight excluding hydrogens is 306 g/mol. The number of hydrogen-bond acceptors (Lipinski definition) is 4. The van der Waals surface area contributed by atoms with E-state index in [2.05, 4.69) is 9.97 Å². The Morgan fingerprint density at radius 3 is 2.30 bits per heavy atom. The Morgan fingerprint density at radius 2 is 1.61 bits per heavy atom. The summed E-state index contributed by atoms with van der Waals surface area (Å²) in [6.07, 6.45) is 0. The Balaban J connectivity index is 1.73. The van der Waals surface area contributed by atoms with Crippen molar-refractivity contribution in [2.45, 2.75) is 11.9 Å². The van der Waals surface area contributed by atoms with Gasteiger partial charge in [0.05, 0.1) is 22.5 Å². The van der Waals surface area contributed by atoms with Crippen LogP contribution in [0.3, 0.4) is 0 Å². The molecule has 2 aromatic carbocycles. The third kappa shape index (κ3) is 3.51. The summed E-state index contributed by atoms with van der Waals surface area (Å²) in [6.45, 7) is 1.92. The van der Waals surface area contributed by atoms with E-state index in [-0.39, 0.29) is 5.91 Å². The van der Waals surface area contributed by atoms with Gasteiger partial charge in [-0.2, -0.15) is 0 Å². The molecular formula is C18H17N3OS. The molecule has 3 aromatic rings. The van der Waals surface area contributed by atoms with Crippen LogP contribution < -0.4 is 4.90 Å². The van der Waals surface area contributed by atoms with Crippen molar-refractivity contribution in [3.63, 3.8) is 0 Å². The molecule has 1 amide bonds. The molecule has 1 aromatic heterocycles. The number of fused-ring (bicyclic) bond motifs is 1. The minimum Gasteiger partial charge on any atom is -0.315 e. The fourth-order valence-corrected chi connectivity index (χ4v) is 3.10. The van der Waals surface area contributed by atoms with E-state index in [1.54, 1.807) is 11.9 Å². The number of aryl methyl sites for hydroxylation is 1. The van der Waals surface area contributed by atoms with Crippen LogP contribution in [0.25, 0.3) is 11.0 Å². The first-order valence-corrected chi connectivity index (χ1v) is 8.31. The zero-order valence-corrected chi connectivity index (χ0v) is 13.9. The van der Waals surface area contributed by atoms with E-state index in [9.17, 15) is 4.79 Å². The van der Waals surface area contributed by atoms with Crippen LogP contribution in [0, 0.1) is 6.92 Å². The van der Waals surface area contributed by atoms with Gasteiger partial charge in [0.2, 0.25) is 5.91 Å². The summed E-state index contributed by atoms with van der Waals surface area (Å²) in [5.74, 6) is 0.370. The lowest BCUT2D eigenvalue weighted by Crippen LogP contribution is -2.27. The molecule has 0 radical (unpaired) electrons. The molecule has 0 aliphatic carbocycles. The predicted molar refractivity (Wildman–Crippen MR) is 94.9 cm³/mol. The molecule has 0 saturated heterocycles. The number of carbonyl (C=O) groups is 1. The fraction of sp³-hybridized carbons (Fsp3) is 0.167. The van der Waals surface area contributed by atoms with Crippen LogP contribution in [0.1, 0.15) is 5.69 Å². The van der Waals surface area contributed by atoms with E-state index in [4.69, 9.17) is 0 Å². The van der Waals surface area contributed by atoms with E-state index in [1.807, 2.05) is 61.5 Å². The molecule has 0 bridgehead atoms. The van der Waals surface area contributed by atoms with Crippen LogP contribution in [0.15, 0.2) is 59.6 Å². The van der Waals surface area contributed by atoms with Crippen LogP contribution in [-0.4, -0.2) is 28.7 Å². The topological polar surface area (TPSA) is 46.1 Å². The number of carbonyl (C=O) groups excluding carboxylic acids is 1. The van der Waals surface area contributed by atoms with E-state index in [1.165, 1.54) is 11.8 Å². The first-order valence-electron chi connectivity index (χ1n) is 7.33. The second kappa shape index (κ2) is 6.79. The average molecular weight is 323 g/mol. The average Bonchev–Trinajstić information content (AvgIpc) is 2.59. The van der Waals surface area contributed by atoms with Crippen molar-refractivity contribution in [1.82, 2.24) is 9.97 Å². The molecule has 0 spiro atoms. The summed E-state index contributed by atoms with van der Waals surface area (Å²) < 4.78 is 0. The number of anilines is 1. The molecule has 0 fully saturated rings. The standard InChI is InChI=1S/C18H17N3OS/c1-13-18(20-16-11-7-6-10-15(16)19-13)23-12-17(22)21(2)14-8-4-3-5-9-14/h3-11H,12H2,1-2H3. The lowest BCUT2D eigenvalue weighted by atomic mass is 10.3. The summed E-state index contributed by atoms with van der Waals surface area (Å²) in [7, 11) is 1.79. The molecule has 23 heavy (non-hydrogen) atoms. The molecule has 0 N–H and O–H groups in total. The second-order valence-electron chi connectivity index (χ2n) is 5.18. The minimum atomic E-state index is 0.0376.